The molecule has 0 radical (unpaired) electrons. The van der Waals surface area contributed by atoms with Gasteiger partial charge in [-0.25, -0.2) is 4.79 Å². The van der Waals surface area contributed by atoms with Crippen LogP contribution in [0.3, 0.4) is 0 Å². The molecule has 73 heavy (non-hydrogen) atoms. The molecular weight excluding hydrogens is 980 g/mol. The number of aliphatic hydroxyl groups is 10. The van der Waals surface area contributed by atoms with Crippen molar-refractivity contribution in [2.45, 2.75) is 124 Å². The van der Waals surface area contributed by atoms with Gasteiger partial charge >= 0.3 is 5.97 Å². The molecule has 1 aromatic heterocycles. The van der Waals surface area contributed by atoms with Gasteiger partial charge < -0.3 is 119 Å². The van der Waals surface area contributed by atoms with Crippen molar-refractivity contribution in [1.82, 2.24) is 0 Å². The lowest BCUT2D eigenvalue weighted by Gasteiger charge is -2.50. The lowest BCUT2D eigenvalue weighted by atomic mass is 9.95. The number of hydrogen-bond donors (Lipinski definition) is 14. The maximum atomic E-state index is 14.6. The minimum absolute atomic E-state index is 0.0249. The molecule has 19 atom stereocenters. The van der Waals surface area contributed by atoms with E-state index in [4.69, 9.17) is 47.0 Å². The molecule has 26 nitrogen and oxygen atoms in total. The monoisotopic (exact) mass is 1030 g/mol. The van der Waals surface area contributed by atoms with Gasteiger partial charge in [-0.2, -0.15) is 0 Å². The van der Waals surface area contributed by atoms with E-state index in [-0.39, 0.29) is 22.6 Å². The highest BCUT2D eigenvalue weighted by atomic mass is 16.8. The number of rotatable bonds is 14. The summed E-state index contributed by atoms with van der Waals surface area (Å²) in [5.74, 6) is -3.65. The second-order valence-corrected chi connectivity index (χ2v) is 17.6. The number of fused-ring (bicyclic) bond motifs is 1. The third kappa shape index (κ3) is 11.4. The van der Waals surface area contributed by atoms with Crippen LogP contribution in [0.15, 0.2) is 76.0 Å². The molecule has 398 valence electrons. The Kier molecular flexibility index (Phi) is 16.5. The summed E-state index contributed by atoms with van der Waals surface area (Å²) in [4.78, 5) is 27.4. The summed E-state index contributed by atoms with van der Waals surface area (Å²) in [6.45, 7) is -0.998. The maximum Gasteiger partial charge on any atom is 0.330 e. The molecule has 14 N–H and O–H groups in total. The van der Waals surface area contributed by atoms with Crippen LogP contribution in [0, 0.1) is 0 Å². The standard InChI is InChI=1S/C47H54O26/c1-17-39(70-44-36(61)30(55)24(53)15-65-44)42(72-46-38(63)35(60)32(57)27(69-46)16-64-28(54)11-4-18-2-7-20(49)8-3-18)43(73-45-37(62)34(59)31(56)26(14-48)68-45)47(66-17)71-41-33(58)29-23(52)12-22(51)13-25(29)67-40(41)19-5-9-21(50)10-6-19/h2-13,17,24,26-27,30-32,34-39,42-53,55-57,59-63H,14-16H2,1H3. The van der Waals surface area contributed by atoms with Crippen LogP contribution in [0.5, 0.6) is 28.7 Å². The van der Waals surface area contributed by atoms with E-state index in [1.54, 1.807) is 0 Å². The number of phenols is 4. The molecule has 8 rings (SSSR count). The number of aromatic hydroxyl groups is 4. The molecule has 19 unspecified atom stereocenters. The highest BCUT2D eigenvalue weighted by molar-refractivity contribution is 5.88. The van der Waals surface area contributed by atoms with Gasteiger partial charge in [-0.15, -0.1) is 0 Å². The molecule has 26 heteroatoms. The summed E-state index contributed by atoms with van der Waals surface area (Å²) in [5, 5.41) is 149. The molecule has 0 bridgehead atoms. The quantitative estimate of drug-likeness (QED) is 0.0438. The first-order chi connectivity index (χ1) is 34.7. The molecule has 4 aromatic rings. The highest BCUT2D eigenvalue weighted by Gasteiger charge is 2.57. The van der Waals surface area contributed by atoms with Crippen molar-refractivity contribution in [3.05, 3.63) is 82.5 Å². The molecule has 0 aliphatic carbocycles. The number of phenolic OH excluding ortho intramolecular Hbond substituents is 4. The average molecular weight is 1030 g/mol. The fourth-order valence-electron chi connectivity index (χ4n) is 8.52. The molecule has 5 heterocycles. The van der Waals surface area contributed by atoms with Crippen LogP contribution in [-0.2, 0) is 42.7 Å². The SMILES string of the molecule is CC1OC(Oc2c(-c3ccc(O)cc3)oc3cc(O)cc(O)c3c2=O)C(OC2OC(CO)C(O)C(O)C2O)C(OC2OC(COC(=O)C=Cc3ccc(O)cc3)C(O)C(O)C2O)C1OC1OCC(O)C(O)C1O. The van der Waals surface area contributed by atoms with Crippen molar-refractivity contribution in [2.24, 2.45) is 0 Å². The van der Waals surface area contributed by atoms with Gasteiger partial charge in [-0.1, -0.05) is 12.1 Å². The van der Waals surface area contributed by atoms with Crippen molar-refractivity contribution < 1.29 is 123 Å². The molecule has 0 saturated carbocycles. The van der Waals surface area contributed by atoms with Gasteiger partial charge in [-0.05, 0) is 55.0 Å². The second-order valence-electron chi connectivity index (χ2n) is 17.6. The molecule has 4 aliphatic rings. The number of benzene rings is 3. The Balaban J connectivity index is 1.20. The number of hydrogen-bond acceptors (Lipinski definition) is 26. The number of esters is 1. The molecular formula is C47H54O26. The van der Waals surface area contributed by atoms with E-state index in [1.807, 2.05) is 0 Å². The Labute approximate surface area is 411 Å². The van der Waals surface area contributed by atoms with E-state index in [0.29, 0.717) is 5.56 Å². The van der Waals surface area contributed by atoms with Crippen molar-refractivity contribution in [1.29, 1.82) is 0 Å². The summed E-state index contributed by atoms with van der Waals surface area (Å²) in [6, 6.07) is 12.7. The molecule has 4 aliphatic heterocycles. The van der Waals surface area contributed by atoms with E-state index in [1.165, 1.54) is 61.5 Å². The lowest BCUT2D eigenvalue weighted by molar-refractivity contribution is -0.396. The van der Waals surface area contributed by atoms with E-state index in [9.17, 15) is 81.1 Å². The van der Waals surface area contributed by atoms with Crippen LogP contribution < -0.4 is 10.2 Å². The number of ether oxygens (including phenoxy) is 9. The van der Waals surface area contributed by atoms with Gasteiger partial charge in [0, 0.05) is 23.8 Å². The Bertz CT molecular complexity index is 2610. The summed E-state index contributed by atoms with van der Waals surface area (Å²) < 4.78 is 59.8. The first kappa shape index (κ1) is 53.7. The van der Waals surface area contributed by atoms with E-state index < -0.39 is 176 Å². The highest BCUT2D eigenvalue weighted by Crippen LogP contribution is 2.41. The van der Waals surface area contributed by atoms with Gasteiger partial charge in [0.25, 0.3) is 0 Å². The predicted octanol–water partition coefficient (Wildman–Crippen LogP) is -3.14. The zero-order valence-corrected chi connectivity index (χ0v) is 38.2. The predicted molar refractivity (Wildman–Crippen MR) is 239 cm³/mol. The maximum absolute atomic E-state index is 14.6. The Hall–Kier alpha value is -5.60. The van der Waals surface area contributed by atoms with Gasteiger partial charge in [0.05, 0.1) is 19.3 Å². The van der Waals surface area contributed by atoms with Gasteiger partial charge in [-0.3, -0.25) is 4.79 Å². The van der Waals surface area contributed by atoms with Crippen molar-refractivity contribution in [3.8, 4) is 40.1 Å². The Morgan fingerprint density at radius 3 is 1.86 bits per heavy atom. The number of carbonyl (C=O) groups is 1. The summed E-state index contributed by atoms with van der Waals surface area (Å²) in [7, 11) is 0. The topological polar surface area (TPSA) is 414 Å². The van der Waals surface area contributed by atoms with Crippen LogP contribution in [0.2, 0.25) is 0 Å². The largest absolute Gasteiger partial charge is 0.508 e. The van der Waals surface area contributed by atoms with E-state index in [0.717, 1.165) is 18.2 Å². The average Bonchev–Trinajstić information content (AvgIpc) is 3.36. The summed E-state index contributed by atoms with van der Waals surface area (Å²) in [5.41, 5.74) is -0.910. The van der Waals surface area contributed by atoms with E-state index >= 15 is 0 Å². The van der Waals surface area contributed by atoms with Crippen molar-refractivity contribution >= 4 is 23.0 Å². The zero-order valence-electron chi connectivity index (χ0n) is 38.2. The molecule has 0 amide bonds. The van der Waals surface area contributed by atoms with Crippen LogP contribution in [0.4, 0.5) is 0 Å². The third-order valence-electron chi connectivity index (χ3n) is 12.5. The van der Waals surface area contributed by atoms with Crippen molar-refractivity contribution in [2.75, 3.05) is 19.8 Å². The number of carbonyl (C=O) groups excluding carboxylic acids is 1. The Morgan fingerprint density at radius 1 is 0.644 bits per heavy atom. The normalized spacial score (nSPS) is 36.0. The lowest BCUT2D eigenvalue weighted by Crippen LogP contribution is -2.68. The summed E-state index contributed by atoms with van der Waals surface area (Å²) >= 11 is 0. The number of aliphatic hydroxyl groups excluding tert-OH is 10. The van der Waals surface area contributed by atoms with Crippen molar-refractivity contribution in [3.63, 3.8) is 0 Å². The molecule has 0 spiro atoms. The first-order valence-electron chi connectivity index (χ1n) is 22.6. The minimum atomic E-state index is -2.19. The van der Waals surface area contributed by atoms with Gasteiger partial charge in [0.15, 0.2) is 30.7 Å². The molecule has 4 saturated heterocycles. The van der Waals surface area contributed by atoms with E-state index in [2.05, 4.69) is 0 Å². The fourth-order valence-corrected chi connectivity index (χ4v) is 8.52. The smallest absolute Gasteiger partial charge is 0.330 e. The van der Waals surface area contributed by atoms with Crippen LogP contribution in [0.25, 0.3) is 28.4 Å². The van der Waals surface area contributed by atoms with Gasteiger partial charge in [0.2, 0.25) is 17.5 Å². The molecule has 3 aromatic carbocycles. The second kappa shape index (κ2) is 22.5. The van der Waals surface area contributed by atoms with Gasteiger partial charge in [0.1, 0.15) is 120 Å². The summed E-state index contributed by atoms with van der Waals surface area (Å²) in [6.07, 6.45) is -34.2. The third-order valence-corrected chi connectivity index (χ3v) is 12.5. The fraction of sp³-hybridized carbons (Fsp3) is 0.489. The minimum Gasteiger partial charge on any atom is -0.508 e. The van der Waals surface area contributed by atoms with Crippen LogP contribution >= 0.6 is 0 Å². The van der Waals surface area contributed by atoms with Crippen LogP contribution in [0.1, 0.15) is 12.5 Å². The molecule has 4 fully saturated rings. The Morgan fingerprint density at radius 2 is 1.22 bits per heavy atom. The first-order valence-corrected chi connectivity index (χ1v) is 22.6. The van der Waals surface area contributed by atoms with Crippen LogP contribution in [-0.4, -0.2) is 214 Å². The zero-order chi connectivity index (χ0) is 52.6.